The summed E-state index contributed by atoms with van der Waals surface area (Å²) in [6.45, 7) is 0.933. The highest BCUT2D eigenvalue weighted by atomic mass is 79.9. The minimum Gasteiger partial charge on any atom is -0.375 e. The van der Waals surface area contributed by atoms with E-state index in [0.717, 1.165) is 19.1 Å². The Labute approximate surface area is 114 Å². The van der Waals surface area contributed by atoms with Crippen molar-refractivity contribution >= 4 is 27.5 Å². The second kappa shape index (κ2) is 4.96. The van der Waals surface area contributed by atoms with Crippen LogP contribution in [0.25, 0.3) is 0 Å². The fraction of sp³-hybridized carbons (Fsp3) is 0.400. The molecule has 0 fully saturated rings. The summed E-state index contributed by atoms with van der Waals surface area (Å²) in [6.07, 6.45) is -5.13. The highest BCUT2D eigenvalue weighted by Crippen LogP contribution is 2.44. The molecule has 2 unspecified atom stereocenters. The third kappa shape index (κ3) is 2.36. The predicted molar refractivity (Wildman–Crippen MR) is 62.7 cm³/mol. The van der Waals surface area contributed by atoms with Crippen LogP contribution >= 0.6 is 27.5 Å². The molecule has 0 saturated heterocycles. The van der Waals surface area contributed by atoms with Crippen molar-refractivity contribution < 1.29 is 22.7 Å². The number of nitrogens with two attached hydrogens (primary N) is 1. The standard InChI is InChI=1S/C10H9BrClF4NO/c1-4(17)9(18,10(14,15)16)5-2-3-6(11)7(12)8(5)13/h2-4,18H,17H2,1H3. The van der Waals surface area contributed by atoms with Gasteiger partial charge in [-0.25, -0.2) is 4.39 Å². The zero-order valence-corrected chi connectivity index (χ0v) is 11.4. The van der Waals surface area contributed by atoms with E-state index in [1.165, 1.54) is 0 Å². The molecule has 0 aliphatic carbocycles. The van der Waals surface area contributed by atoms with Gasteiger partial charge < -0.3 is 10.8 Å². The van der Waals surface area contributed by atoms with E-state index >= 15 is 0 Å². The lowest BCUT2D eigenvalue weighted by Gasteiger charge is -2.34. The lowest BCUT2D eigenvalue weighted by Crippen LogP contribution is -2.54. The molecule has 1 aromatic carbocycles. The van der Waals surface area contributed by atoms with Gasteiger partial charge in [0.15, 0.2) is 0 Å². The van der Waals surface area contributed by atoms with Gasteiger partial charge >= 0.3 is 6.18 Å². The van der Waals surface area contributed by atoms with Gasteiger partial charge in [0.1, 0.15) is 5.82 Å². The molecular formula is C10H9BrClF4NO. The van der Waals surface area contributed by atoms with Crippen LogP contribution in [0.2, 0.25) is 5.02 Å². The summed E-state index contributed by atoms with van der Waals surface area (Å²) in [5.74, 6) is -1.36. The molecular weight excluding hydrogens is 341 g/mol. The van der Waals surface area contributed by atoms with Gasteiger partial charge in [0.05, 0.1) is 5.02 Å². The molecule has 102 valence electrons. The van der Waals surface area contributed by atoms with E-state index in [0.29, 0.717) is 0 Å². The predicted octanol–water partition coefficient (Wildman–Crippen LogP) is 3.34. The molecule has 2 atom stereocenters. The van der Waals surface area contributed by atoms with Crippen LogP contribution in [0.5, 0.6) is 0 Å². The van der Waals surface area contributed by atoms with E-state index in [1.54, 1.807) is 0 Å². The minimum absolute atomic E-state index is 0.0830. The van der Waals surface area contributed by atoms with Gasteiger partial charge in [0, 0.05) is 16.1 Å². The van der Waals surface area contributed by atoms with Gasteiger partial charge in [-0.05, 0) is 28.9 Å². The summed E-state index contributed by atoms with van der Waals surface area (Å²) in [6, 6.07) is 0.145. The Bertz CT molecular complexity index is 466. The normalized spacial score (nSPS) is 17.4. The average Bonchev–Trinajstić information content (AvgIpc) is 2.23. The zero-order chi connectivity index (χ0) is 14.3. The maximum atomic E-state index is 13.8. The Balaban J connectivity index is 3.56. The fourth-order valence-corrected chi connectivity index (χ4v) is 1.95. The molecule has 8 heteroatoms. The van der Waals surface area contributed by atoms with E-state index < -0.39 is 34.2 Å². The Morgan fingerprint density at radius 1 is 1.39 bits per heavy atom. The first kappa shape index (κ1) is 15.7. The van der Waals surface area contributed by atoms with E-state index in [1.807, 2.05) is 0 Å². The summed E-state index contributed by atoms with van der Waals surface area (Å²) < 4.78 is 52.6. The van der Waals surface area contributed by atoms with Crippen LogP contribution in [-0.4, -0.2) is 17.3 Å². The molecule has 0 aliphatic rings. The monoisotopic (exact) mass is 349 g/mol. The van der Waals surface area contributed by atoms with Crippen molar-refractivity contribution in [3.05, 3.63) is 33.0 Å². The van der Waals surface area contributed by atoms with Gasteiger partial charge in [-0.1, -0.05) is 17.7 Å². The molecule has 1 rings (SSSR count). The van der Waals surface area contributed by atoms with Crippen molar-refractivity contribution in [3.8, 4) is 0 Å². The molecule has 0 amide bonds. The van der Waals surface area contributed by atoms with E-state index in [4.69, 9.17) is 17.3 Å². The van der Waals surface area contributed by atoms with Crippen LogP contribution in [0.4, 0.5) is 17.6 Å². The number of halogens is 6. The van der Waals surface area contributed by atoms with Crippen LogP contribution in [0.15, 0.2) is 16.6 Å². The molecule has 0 aromatic heterocycles. The van der Waals surface area contributed by atoms with Crippen molar-refractivity contribution in [1.29, 1.82) is 0 Å². The average molecular weight is 351 g/mol. The molecule has 2 nitrogen and oxygen atoms in total. The van der Waals surface area contributed by atoms with Crippen molar-refractivity contribution in [2.45, 2.75) is 24.7 Å². The number of hydrogen-bond donors (Lipinski definition) is 2. The number of aliphatic hydroxyl groups is 1. The molecule has 0 saturated carbocycles. The van der Waals surface area contributed by atoms with Gasteiger partial charge in [-0.2, -0.15) is 13.2 Å². The van der Waals surface area contributed by atoms with Crippen molar-refractivity contribution in [1.82, 2.24) is 0 Å². The van der Waals surface area contributed by atoms with Gasteiger partial charge in [-0.15, -0.1) is 0 Å². The SMILES string of the molecule is CC(N)C(O)(c1ccc(Br)c(Cl)c1F)C(F)(F)F. The molecule has 0 aliphatic heterocycles. The molecule has 1 aromatic rings. The van der Waals surface area contributed by atoms with Gasteiger partial charge in [0.25, 0.3) is 0 Å². The highest BCUT2D eigenvalue weighted by molar-refractivity contribution is 9.10. The molecule has 0 radical (unpaired) electrons. The topological polar surface area (TPSA) is 46.2 Å². The summed E-state index contributed by atoms with van der Waals surface area (Å²) in [7, 11) is 0. The highest BCUT2D eigenvalue weighted by Gasteiger charge is 2.58. The summed E-state index contributed by atoms with van der Waals surface area (Å²) >= 11 is 8.37. The Hall–Kier alpha value is -0.370. The summed E-state index contributed by atoms with van der Waals surface area (Å²) in [4.78, 5) is 0. The van der Waals surface area contributed by atoms with Crippen LogP contribution in [0.3, 0.4) is 0 Å². The quantitative estimate of drug-likeness (QED) is 0.635. The molecule has 18 heavy (non-hydrogen) atoms. The number of benzene rings is 1. The van der Waals surface area contributed by atoms with E-state index in [2.05, 4.69) is 15.9 Å². The Morgan fingerprint density at radius 2 is 1.89 bits per heavy atom. The maximum absolute atomic E-state index is 13.8. The second-order valence-corrected chi connectivity index (χ2v) is 5.01. The van der Waals surface area contributed by atoms with Crippen molar-refractivity contribution in [3.63, 3.8) is 0 Å². The maximum Gasteiger partial charge on any atom is 0.423 e. The lowest BCUT2D eigenvalue weighted by atomic mass is 9.86. The smallest absolute Gasteiger partial charge is 0.375 e. The summed E-state index contributed by atoms with van der Waals surface area (Å²) in [5, 5.41) is 9.18. The number of rotatable bonds is 2. The Kier molecular flexibility index (Phi) is 4.32. The molecule has 0 bridgehead atoms. The largest absolute Gasteiger partial charge is 0.423 e. The van der Waals surface area contributed by atoms with Gasteiger partial charge in [-0.3, -0.25) is 0 Å². The van der Waals surface area contributed by atoms with Gasteiger partial charge in [0.2, 0.25) is 5.60 Å². The number of hydrogen-bond acceptors (Lipinski definition) is 2. The molecule has 0 heterocycles. The fourth-order valence-electron chi connectivity index (χ4n) is 1.48. The first-order valence-electron chi connectivity index (χ1n) is 4.72. The van der Waals surface area contributed by atoms with Crippen LogP contribution < -0.4 is 5.73 Å². The summed E-state index contributed by atoms with van der Waals surface area (Å²) in [5.41, 5.74) is 0.654. The third-order valence-corrected chi connectivity index (χ3v) is 3.80. The van der Waals surface area contributed by atoms with E-state index in [9.17, 15) is 22.7 Å². The van der Waals surface area contributed by atoms with Crippen LogP contribution in [0.1, 0.15) is 12.5 Å². The molecule has 0 spiro atoms. The van der Waals surface area contributed by atoms with Crippen LogP contribution in [0, 0.1) is 5.82 Å². The van der Waals surface area contributed by atoms with Crippen molar-refractivity contribution in [2.75, 3.05) is 0 Å². The number of alkyl halides is 3. The first-order valence-corrected chi connectivity index (χ1v) is 5.89. The minimum atomic E-state index is -5.13. The van der Waals surface area contributed by atoms with Crippen molar-refractivity contribution in [2.24, 2.45) is 5.73 Å². The van der Waals surface area contributed by atoms with Crippen LogP contribution in [-0.2, 0) is 5.60 Å². The van der Waals surface area contributed by atoms with E-state index in [-0.39, 0.29) is 4.47 Å². The first-order chi connectivity index (χ1) is 8.03. The second-order valence-electron chi connectivity index (χ2n) is 3.78. The zero-order valence-electron chi connectivity index (χ0n) is 9.02. The molecule has 3 N–H and O–H groups in total. The lowest BCUT2D eigenvalue weighted by molar-refractivity contribution is -0.273. The Morgan fingerprint density at radius 3 is 2.28 bits per heavy atom. The third-order valence-electron chi connectivity index (χ3n) is 2.54.